The number of para-hydroxylation sites is 3. The van der Waals surface area contributed by atoms with Crippen LogP contribution in [-0.4, -0.2) is 19.5 Å². The van der Waals surface area contributed by atoms with Crippen LogP contribution in [0.1, 0.15) is 121 Å². The monoisotopic (exact) mass is 516 g/mol. The molecule has 2 aromatic heterocycles. The second kappa shape index (κ2) is 17.1. The molecule has 0 radical (unpaired) electrons. The molecule has 0 fully saturated rings. The molecule has 4 nitrogen and oxygen atoms in total. The first kappa shape index (κ1) is 29.9. The Bertz CT molecular complexity index is 1180. The number of unbranched alkanes of at least 4 members (excludes halogenated alkanes) is 12. The molecular weight excluding hydrogens is 464 g/mol. The van der Waals surface area contributed by atoms with Crippen molar-refractivity contribution < 1.29 is 0 Å². The van der Waals surface area contributed by atoms with Crippen LogP contribution in [0.5, 0.6) is 0 Å². The lowest BCUT2D eigenvalue weighted by Gasteiger charge is -2.03. The number of nitrogens with one attached hydrogen (secondary N) is 1. The van der Waals surface area contributed by atoms with Crippen LogP contribution in [0.25, 0.3) is 22.1 Å². The van der Waals surface area contributed by atoms with Crippen LogP contribution in [0.15, 0.2) is 42.5 Å². The number of H-pyrrole nitrogens is 1. The number of imidazole rings is 2. The van der Waals surface area contributed by atoms with Gasteiger partial charge in [0.25, 0.3) is 0 Å². The standard InChI is InChI=1S/2C17H26N2/c1-3-4-5-6-7-8-9-14-17-18-15-12-10-11-13-16(15)19(17)2;1-3-4-5-6-7-8-9-13-16-18-15-12-10-11-14(2)17(15)19-16/h10-13H,3-9,14H2,1-2H3;10-12H,3-9,13H2,1-2H3,(H,18,19). The second-order valence-electron chi connectivity index (χ2n) is 11.0. The Labute approximate surface area is 231 Å². The third-order valence-corrected chi connectivity index (χ3v) is 7.66. The number of benzene rings is 2. The van der Waals surface area contributed by atoms with Crippen molar-refractivity contribution in [3.63, 3.8) is 0 Å². The first-order chi connectivity index (χ1) is 18.6. The van der Waals surface area contributed by atoms with Crippen molar-refractivity contribution in [2.45, 2.75) is 124 Å². The smallest absolute Gasteiger partial charge is 0.109 e. The van der Waals surface area contributed by atoms with Crippen LogP contribution >= 0.6 is 0 Å². The Morgan fingerprint density at radius 1 is 0.658 bits per heavy atom. The quantitative estimate of drug-likeness (QED) is 0.151. The third kappa shape index (κ3) is 9.60. The van der Waals surface area contributed by atoms with E-state index in [1.54, 1.807) is 0 Å². The number of rotatable bonds is 16. The number of aromatic nitrogens is 4. The van der Waals surface area contributed by atoms with Gasteiger partial charge in [-0.05, 0) is 43.5 Å². The van der Waals surface area contributed by atoms with Crippen molar-refractivity contribution in [2.75, 3.05) is 0 Å². The fraction of sp³-hybridized carbons (Fsp3) is 0.588. The maximum Gasteiger partial charge on any atom is 0.109 e. The van der Waals surface area contributed by atoms with Gasteiger partial charge in [0.05, 0.1) is 22.1 Å². The molecule has 0 aliphatic heterocycles. The molecule has 0 bridgehead atoms. The molecule has 2 aromatic carbocycles. The molecule has 4 aromatic rings. The molecule has 0 saturated carbocycles. The summed E-state index contributed by atoms with van der Waals surface area (Å²) in [5, 5.41) is 0. The highest BCUT2D eigenvalue weighted by molar-refractivity contribution is 5.78. The Hall–Kier alpha value is -2.62. The highest BCUT2D eigenvalue weighted by Gasteiger charge is 2.06. The summed E-state index contributed by atoms with van der Waals surface area (Å²) in [4.78, 5) is 12.9. The summed E-state index contributed by atoms with van der Waals surface area (Å²) in [5.41, 5.74) is 5.96. The van der Waals surface area contributed by atoms with E-state index >= 15 is 0 Å². The summed E-state index contributed by atoms with van der Waals surface area (Å²) in [6.45, 7) is 6.66. The van der Waals surface area contributed by atoms with E-state index in [-0.39, 0.29) is 0 Å². The van der Waals surface area contributed by atoms with Crippen LogP contribution < -0.4 is 0 Å². The van der Waals surface area contributed by atoms with Crippen molar-refractivity contribution in [1.29, 1.82) is 0 Å². The van der Waals surface area contributed by atoms with Crippen LogP contribution in [0.3, 0.4) is 0 Å². The van der Waals surface area contributed by atoms with E-state index in [1.807, 2.05) is 0 Å². The Morgan fingerprint density at radius 3 is 1.89 bits per heavy atom. The predicted molar refractivity (Wildman–Crippen MR) is 165 cm³/mol. The van der Waals surface area contributed by atoms with Gasteiger partial charge in [0, 0.05) is 19.9 Å². The molecule has 0 atom stereocenters. The maximum atomic E-state index is 4.72. The molecule has 2 heterocycles. The molecular formula is C34H52N4. The van der Waals surface area contributed by atoms with Crippen LogP contribution in [0.2, 0.25) is 0 Å². The minimum Gasteiger partial charge on any atom is -0.342 e. The highest BCUT2D eigenvalue weighted by atomic mass is 15.1. The third-order valence-electron chi connectivity index (χ3n) is 7.66. The summed E-state index contributed by atoms with van der Waals surface area (Å²) < 4.78 is 2.24. The Balaban J connectivity index is 0.000000211. The molecule has 0 spiro atoms. The lowest BCUT2D eigenvalue weighted by Crippen LogP contribution is -1.97. The molecule has 38 heavy (non-hydrogen) atoms. The van der Waals surface area contributed by atoms with Gasteiger partial charge >= 0.3 is 0 Å². The van der Waals surface area contributed by atoms with Gasteiger partial charge in [-0.3, -0.25) is 0 Å². The van der Waals surface area contributed by atoms with E-state index in [0.717, 1.165) is 29.7 Å². The molecule has 208 valence electrons. The van der Waals surface area contributed by atoms with E-state index in [1.165, 1.54) is 112 Å². The zero-order valence-corrected chi connectivity index (χ0v) is 24.7. The van der Waals surface area contributed by atoms with Gasteiger partial charge in [-0.25, -0.2) is 9.97 Å². The number of fused-ring (bicyclic) bond motifs is 2. The van der Waals surface area contributed by atoms with Crippen LogP contribution in [0.4, 0.5) is 0 Å². The normalized spacial score (nSPS) is 11.3. The molecule has 4 rings (SSSR count). The van der Waals surface area contributed by atoms with Gasteiger partial charge in [-0.2, -0.15) is 0 Å². The van der Waals surface area contributed by atoms with Gasteiger partial charge in [0.15, 0.2) is 0 Å². The topological polar surface area (TPSA) is 46.5 Å². The summed E-state index contributed by atoms with van der Waals surface area (Å²) in [5.74, 6) is 2.38. The van der Waals surface area contributed by atoms with Gasteiger partial charge in [-0.1, -0.05) is 115 Å². The van der Waals surface area contributed by atoms with Gasteiger partial charge in [0.1, 0.15) is 11.6 Å². The molecule has 4 heteroatoms. The predicted octanol–water partition coefficient (Wildman–Crippen LogP) is 10.0. The Kier molecular flexibility index (Phi) is 13.4. The first-order valence-electron chi connectivity index (χ1n) is 15.5. The maximum absolute atomic E-state index is 4.72. The molecule has 0 saturated heterocycles. The SMILES string of the molecule is CCCCCCCCCc1nc2c(C)cccc2[nH]1.CCCCCCCCCc1nc2ccccc2n1C. The fourth-order valence-corrected chi connectivity index (χ4v) is 5.25. The van der Waals surface area contributed by atoms with E-state index in [0.29, 0.717) is 0 Å². The van der Waals surface area contributed by atoms with Crippen LogP contribution in [0, 0.1) is 6.92 Å². The Morgan fingerprint density at radius 2 is 1.26 bits per heavy atom. The summed E-state index contributed by atoms with van der Waals surface area (Å²) in [7, 11) is 2.13. The highest BCUT2D eigenvalue weighted by Crippen LogP contribution is 2.18. The van der Waals surface area contributed by atoms with Crippen molar-refractivity contribution >= 4 is 22.1 Å². The van der Waals surface area contributed by atoms with Crippen LogP contribution in [-0.2, 0) is 19.9 Å². The second-order valence-corrected chi connectivity index (χ2v) is 11.0. The molecule has 0 aliphatic carbocycles. The minimum atomic E-state index is 1.09. The molecule has 0 unspecified atom stereocenters. The number of hydrogen-bond acceptors (Lipinski definition) is 2. The molecule has 0 aliphatic rings. The molecule has 0 amide bonds. The molecule has 1 N–H and O–H groups in total. The number of aryl methyl sites for hydroxylation is 4. The van der Waals surface area contributed by atoms with E-state index in [9.17, 15) is 0 Å². The lowest BCUT2D eigenvalue weighted by atomic mass is 10.1. The summed E-state index contributed by atoms with van der Waals surface area (Å²) >= 11 is 0. The zero-order valence-electron chi connectivity index (χ0n) is 24.7. The van der Waals surface area contributed by atoms with E-state index < -0.39 is 0 Å². The van der Waals surface area contributed by atoms with Crippen molar-refractivity contribution in [2.24, 2.45) is 7.05 Å². The van der Waals surface area contributed by atoms with Gasteiger partial charge in [-0.15, -0.1) is 0 Å². The number of nitrogens with zero attached hydrogens (tertiary/aromatic N) is 3. The average Bonchev–Trinajstić information content (AvgIpc) is 3.49. The number of aromatic amines is 1. The fourth-order valence-electron chi connectivity index (χ4n) is 5.25. The first-order valence-corrected chi connectivity index (χ1v) is 15.5. The summed E-state index contributed by atoms with van der Waals surface area (Å²) in [6.07, 6.45) is 21.2. The minimum absolute atomic E-state index is 1.09. The van der Waals surface area contributed by atoms with Crippen molar-refractivity contribution in [3.8, 4) is 0 Å². The average molecular weight is 517 g/mol. The summed E-state index contributed by atoms with van der Waals surface area (Å²) in [6, 6.07) is 14.7. The number of hydrogen-bond donors (Lipinski definition) is 1. The largest absolute Gasteiger partial charge is 0.342 e. The zero-order chi connectivity index (χ0) is 27.0. The lowest BCUT2D eigenvalue weighted by molar-refractivity contribution is 0.581. The van der Waals surface area contributed by atoms with Crippen molar-refractivity contribution in [1.82, 2.24) is 19.5 Å². The van der Waals surface area contributed by atoms with Crippen molar-refractivity contribution in [3.05, 3.63) is 59.7 Å². The van der Waals surface area contributed by atoms with Gasteiger partial charge < -0.3 is 9.55 Å². The van der Waals surface area contributed by atoms with Gasteiger partial charge in [0.2, 0.25) is 0 Å². The van der Waals surface area contributed by atoms with E-state index in [2.05, 4.69) is 79.8 Å². The van der Waals surface area contributed by atoms with E-state index in [4.69, 9.17) is 9.97 Å².